The number of ketones is 1. The first kappa shape index (κ1) is 13.7. The van der Waals surface area contributed by atoms with Crippen molar-refractivity contribution >= 4 is 32.6 Å². The van der Waals surface area contributed by atoms with Gasteiger partial charge in [-0.05, 0) is 47.3 Å². The summed E-state index contributed by atoms with van der Waals surface area (Å²) in [5.74, 6) is 0.0816. The van der Waals surface area contributed by atoms with E-state index < -0.39 is 0 Å². The molecule has 0 N–H and O–H groups in total. The Kier molecular flexibility index (Phi) is 4.13. The highest BCUT2D eigenvalue weighted by molar-refractivity contribution is 9.10. The molecule has 0 bridgehead atoms. The van der Waals surface area contributed by atoms with Crippen molar-refractivity contribution in [2.24, 2.45) is 0 Å². The van der Waals surface area contributed by atoms with Crippen LogP contribution in [0.15, 0.2) is 34.8 Å². The molecule has 1 atom stereocenters. The number of hydrogen-bond acceptors (Lipinski definition) is 3. The van der Waals surface area contributed by atoms with E-state index >= 15 is 0 Å². The Morgan fingerprint density at radius 1 is 1.40 bits per heavy atom. The van der Waals surface area contributed by atoms with E-state index in [0.717, 1.165) is 41.2 Å². The number of fused-ring (bicyclic) bond motifs is 1. The third kappa shape index (κ3) is 2.91. The van der Waals surface area contributed by atoms with E-state index in [1.807, 2.05) is 30.3 Å². The van der Waals surface area contributed by atoms with E-state index in [1.54, 1.807) is 0 Å². The lowest BCUT2D eigenvalue weighted by atomic mass is 10.1. The highest BCUT2D eigenvalue weighted by atomic mass is 79.9. The SMILES string of the molecule is O=C(CCC1CCCO1)c1nc2ccccc2cc1Br. The van der Waals surface area contributed by atoms with Gasteiger partial charge in [-0.2, -0.15) is 0 Å². The molecular formula is C16H16BrNO2. The number of carbonyl (C=O) groups is 1. The van der Waals surface area contributed by atoms with Crippen LogP contribution in [-0.4, -0.2) is 23.5 Å². The summed E-state index contributed by atoms with van der Waals surface area (Å²) in [6.45, 7) is 0.830. The zero-order valence-electron chi connectivity index (χ0n) is 11.1. The van der Waals surface area contributed by atoms with Crippen LogP contribution in [0.25, 0.3) is 10.9 Å². The molecule has 1 saturated heterocycles. The average Bonchev–Trinajstić information content (AvgIpc) is 2.97. The maximum absolute atomic E-state index is 12.3. The Morgan fingerprint density at radius 3 is 3.05 bits per heavy atom. The minimum Gasteiger partial charge on any atom is -0.378 e. The molecule has 2 heterocycles. The fourth-order valence-electron chi connectivity index (χ4n) is 2.57. The molecule has 1 aromatic carbocycles. The number of pyridine rings is 1. The van der Waals surface area contributed by atoms with Crippen LogP contribution in [0.5, 0.6) is 0 Å². The molecule has 20 heavy (non-hydrogen) atoms. The number of hydrogen-bond donors (Lipinski definition) is 0. The predicted octanol–water partition coefficient (Wildman–Crippen LogP) is 4.14. The van der Waals surface area contributed by atoms with Gasteiger partial charge in [-0.25, -0.2) is 4.98 Å². The number of carbonyl (C=O) groups excluding carboxylic acids is 1. The second-order valence-corrected chi connectivity index (χ2v) is 5.96. The Balaban J connectivity index is 1.77. The number of aromatic nitrogens is 1. The molecule has 1 fully saturated rings. The van der Waals surface area contributed by atoms with Crippen LogP contribution in [0.4, 0.5) is 0 Å². The van der Waals surface area contributed by atoms with E-state index in [2.05, 4.69) is 20.9 Å². The van der Waals surface area contributed by atoms with Crippen molar-refractivity contribution in [3.8, 4) is 0 Å². The van der Waals surface area contributed by atoms with Gasteiger partial charge in [0.05, 0.1) is 11.6 Å². The molecule has 104 valence electrons. The van der Waals surface area contributed by atoms with Crippen molar-refractivity contribution in [3.63, 3.8) is 0 Å². The fourth-order valence-corrected chi connectivity index (χ4v) is 3.12. The van der Waals surface area contributed by atoms with Gasteiger partial charge in [-0.15, -0.1) is 0 Å². The van der Waals surface area contributed by atoms with Gasteiger partial charge in [0.25, 0.3) is 0 Å². The standard InChI is InChI=1S/C16H16BrNO2/c17-13-10-11-4-1-2-6-14(11)18-16(13)15(19)8-7-12-5-3-9-20-12/h1-2,4,6,10,12H,3,5,7-9H2. The molecule has 4 heteroatoms. The quantitative estimate of drug-likeness (QED) is 0.789. The first-order valence-electron chi connectivity index (χ1n) is 6.94. The second kappa shape index (κ2) is 6.02. The van der Waals surface area contributed by atoms with Crippen molar-refractivity contribution in [3.05, 3.63) is 40.5 Å². The summed E-state index contributed by atoms with van der Waals surface area (Å²) in [6.07, 6.45) is 3.71. The molecule has 1 aliphatic heterocycles. The van der Waals surface area contributed by atoms with Crippen LogP contribution in [0.2, 0.25) is 0 Å². The summed E-state index contributed by atoms with van der Waals surface area (Å²) >= 11 is 3.46. The van der Waals surface area contributed by atoms with Gasteiger partial charge in [0.1, 0.15) is 5.69 Å². The summed E-state index contributed by atoms with van der Waals surface area (Å²) < 4.78 is 6.33. The topological polar surface area (TPSA) is 39.2 Å². The Morgan fingerprint density at radius 2 is 2.25 bits per heavy atom. The van der Waals surface area contributed by atoms with Crippen LogP contribution < -0.4 is 0 Å². The zero-order valence-corrected chi connectivity index (χ0v) is 12.7. The third-order valence-corrected chi connectivity index (χ3v) is 4.26. The predicted molar refractivity (Wildman–Crippen MR) is 82.0 cm³/mol. The maximum Gasteiger partial charge on any atom is 0.182 e. The van der Waals surface area contributed by atoms with Gasteiger partial charge in [0.2, 0.25) is 0 Å². The molecular weight excluding hydrogens is 318 g/mol. The number of nitrogens with zero attached hydrogens (tertiary/aromatic N) is 1. The highest BCUT2D eigenvalue weighted by Gasteiger charge is 2.19. The summed E-state index contributed by atoms with van der Waals surface area (Å²) in [7, 11) is 0. The number of Topliss-reactive ketones (excluding diaryl/α,β-unsaturated/α-hetero) is 1. The molecule has 2 aromatic rings. The van der Waals surface area contributed by atoms with Crippen LogP contribution in [-0.2, 0) is 4.74 Å². The Labute approximate surface area is 126 Å². The van der Waals surface area contributed by atoms with E-state index in [0.29, 0.717) is 12.1 Å². The smallest absolute Gasteiger partial charge is 0.182 e. The first-order chi connectivity index (χ1) is 9.74. The van der Waals surface area contributed by atoms with E-state index in [4.69, 9.17) is 4.74 Å². The van der Waals surface area contributed by atoms with E-state index in [9.17, 15) is 4.79 Å². The van der Waals surface area contributed by atoms with Crippen molar-refractivity contribution in [2.45, 2.75) is 31.8 Å². The monoisotopic (exact) mass is 333 g/mol. The van der Waals surface area contributed by atoms with Crippen LogP contribution >= 0.6 is 15.9 Å². The van der Waals surface area contributed by atoms with Gasteiger partial charge in [0, 0.05) is 22.9 Å². The van der Waals surface area contributed by atoms with Crippen molar-refractivity contribution < 1.29 is 9.53 Å². The lowest BCUT2D eigenvalue weighted by Crippen LogP contribution is -2.10. The van der Waals surface area contributed by atoms with E-state index in [1.165, 1.54) is 0 Å². The van der Waals surface area contributed by atoms with Crippen LogP contribution in [0, 0.1) is 0 Å². The lowest BCUT2D eigenvalue weighted by molar-refractivity contribution is 0.0855. The zero-order chi connectivity index (χ0) is 13.9. The molecule has 0 saturated carbocycles. The van der Waals surface area contributed by atoms with Crippen molar-refractivity contribution in [1.29, 1.82) is 0 Å². The summed E-state index contributed by atoms with van der Waals surface area (Å²) in [6, 6.07) is 9.78. The fraction of sp³-hybridized carbons (Fsp3) is 0.375. The average molecular weight is 334 g/mol. The summed E-state index contributed by atoms with van der Waals surface area (Å²) in [5.41, 5.74) is 1.39. The molecule has 0 aliphatic carbocycles. The molecule has 0 radical (unpaired) electrons. The molecule has 3 rings (SSSR count). The van der Waals surface area contributed by atoms with Crippen molar-refractivity contribution in [1.82, 2.24) is 4.98 Å². The summed E-state index contributed by atoms with van der Waals surface area (Å²) in [5, 5.41) is 1.04. The minimum atomic E-state index is 0.0816. The molecule has 1 unspecified atom stereocenters. The van der Waals surface area contributed by atoms with Crippen LogP contribution in [0.1, 0.15) is 36.2 Å². The summed E-state index contributed by atoms with van der Waals surface area (Å²) in [4.78, 5) is 16.8. The molecule has 1 aliphatic rings. The van der Waals surface area contributed by atoms with Crippen LogP contribution in [0.3, 0.4) is 0 Å². The lowest BCUT2D eigenvalue weighted by Gasteiger charge is -2.09. The number of benzene rings is 1. The van der Waals surface area contributed by atoms with E-state index in [-0.39, 0.29) is 11.9 Å². The second-order valence-electron chi connectivity index (χ2n) is 5.11. The first-order valence-corrected chi connectivity index (χ1v) is 7.73. The largest absolute Gasteiger partial charge is 0.378 e. The number of para-hydroxylation sites is 1. The van der Waals surface area contributed by atoms with Gasteiger partial charge in [-0.3, -0.25) is 4.79 Å². The highest BCUT2D eigenvalue weighted by Crippen LogP contribution is 2.24. The third-order valence-electron chi connectivity index (χ3n) is 3.66. The molecule has 1 aromatic heterocycles. The number of ether oxygens (including phenoxy) is 1. The van der Waals surface area contributed by atoms with Gasteiger partial charge in [0.15, 0.2) is 5.78 Å². The Bertz CT molecular complexity index is 635. The molecule has 3 nitrogen and oxygen atoms in total. The number of halogens is 1. The molecule has 0 amide bonds. The van der Waals surface area contributed by atoms with Gasteiger partial charge in [-0.1, -0.05) is 18.2 Å². The van der Waals surface area contributed by atoms with Gasteiger partial charge < -0.3 is 4.74 Å². The molecule has 0 spiro atoms. The van der Waals surface area contributed by atoms with Crippen molar-refractivity contribution in [2.75, 3.05) is 6.61 Å². The minimum absolute atomic E-state index is 0.0816. The van der Waals surface area contributed by atoms with Gasteiger partial charge >= 0.3 is 0 Å². The normalized spacial score (nSPS) is 18.6. The number of rotatable bonds is 4. The maximum atomic E-state index is 12.3. The Hall–Kier alpha value is -1.26.